The number of aliphatic carboxylic acids is 1. The Hall–Kier alpha value is -2.54. The molecular weight excluding hydrogens is 877 g/mol. The molecule has 12 heteroatoms. The normalized spacial score (nSPS) is 18.7. The Kier molecular flexibility index (Phi) is 43.5. The van der Waals surface area contributed by atoms with Crippen molar-refractivity contribution in [1.82, 2.24) is 0 Å². The Bertz CT molecular complexity index is 1260. The fraction of sp³-hybridized carbons (Fsp3) is 0.895. The van der Waals surface area contributed by atoms with Gasteiger partial charge in [0.15, 0.2) is 24.6 Å². The first-order chi connectivity index (χ1) is 33.6. The van der Waals surface area contributed by atoms with Crippen molar-refractivity contribution in [1.29, 1.82) is 0 Å². The molecule has 1 aliphatic heterocycles. The molecule has 0 saturated carbocycles. The largest absolute Gasteiger partial charge is 0.479 e. The van der Waals surface area contributed by atoms with Crippen molar-refractivity contribution in [3.8, 4) is 0 Å². The van der Waals surface area contributed by atoms with Gasteiger partial charge in [0.2, 0.25) is 0 Å². The highest BCUT2D eigenvalue weighted by Gasteiger charge is 2.50. The van der Waals surface area contributed by atoms with E-state index in [2.05, 4.69) is 32.9 Å². The Morgan fingerprint density at radius 2 is 0.826 bits per heavy atom. The molecule has 1 heterocycles. The molecule has 1 rings (SSSR count). The number of ether oxygens (including phenoxy) is 5. The Morgan fingerprint density at radius 1 is 0.464 bits per heavy atom. The summed E-state index contributed by atoms with van der Waals surface area (Å²) in [6, 6.07) is 0. The SMILES string of the molecule is CCCCCCCC/C=C\CCCCCCCCCC(=O)OCC(COC1OC(C(=O)O)C(O)C(O)C1OC(=O)CCCCCCCCCCCCC)OC(=O)CCCCCCCCCCCCC. The molecule has 404 valence electrons. The maximum atomic E-state index is 13.1. The average molecular weight is 981 g/mol. The number of hydrogen-bond acceptors (Lipinski definition) is 11. The second kappa shape index (κ2) is 46.5. The average Bonchev–Trinajstić information content (AvgIpc) is 3.33. The van der Waals surface area contributed by atoms with Gasteiger partial charge < -0.3 is 39.0 Å². The smallest absolute Gasteiger partial charge is 0.335 e. The second-order valence-electron chi connectivity index (χ2n) is 19.9. The molecule has 12 nitrogen and oxygen atoms in total. The summed E-state index contributed by atoms with van der Waals surface area (Å²) in [6.07, 6.45) is 37.7. The van der Waals surface area contributed by atoms with E-state index in [1.54, 1.807) is 0 Å². The third kappa shape index (κ3) is 37.0. The van der Waals surface area contributed by atoms with Crippen molar-refractivity contribution in [2.24, 2.45) is 0 Å². The molecule has 1 saturated heterocycles. The Morgan fingerprint density at radius 3 is 1.23 bits per heavy atom. The van der Waals surface area contributed by atoms with E-state index in [9.17, 15) is 34.5 Å². The van der Waals surface area contributed by atoms with E-state index in [0.29, 0.717) is 19.3 Å². The molecule has 0 aromatic carbocycles. The number of aliphatic hydroxyl groups excluding tert-OH is 2. The number of carboxylic acids is 1. The molecule has 69 heavy (non-hydrogen) atoms. The fourth-order valence-corrected chi connectivity index (χ4v) is 8.89. The molecule has 1 fully saturated rings. The maximum Gasteiger partial charge on any atom is 0.335 e. The summed E-state index contributed by atoms with van der Waals surface area (Å²) in [6.45, 7) is 5.98. The van der Waals surface area contributed by atoms with Crippen LogP contribution in [-0.4, -0.2) is 89.2 Å². The summed E-state index contributed by atoms with van der Waals surface area (Å²) in [7, 11) is 0. The van der Waals surface area contributed by atoms with E-state index < -0.39 is 67.3 Å². The molecular formula is C57H104O12. The van der Waals surface area contributed by atoms with Crippen LogP contribution in [0.15, 0.2) is 12.2 Å². The third-order valence-electron chi connectivity index (χ3n) is 13.3. The zero-order valence-corrected chi connectivity index (χ0v) is 44.3. The first kappa shape index (κ1) is 64.5. The van der Waals surface area contributed by atoms with Crippen molar-refractivity contribution >= 4 is 23.9 Å². The number of rotatable bonds is 49. The minimum absolute atomic E-state index is 0.0674. The zero-order chi connectivity index (χ0) is 50.4. The van der Waals surface area contributed by atoms with Gasteiger partial charge in [0, 0.05) is 19.3 Å². The Balaban J connectivity index is 2.67. The summed E-state index contributed by atoms with van der Waals surface area (Å²) in [5, 5.41) is 31.4. The van der Waals surface area contributed by atoms with Crippen molar-refractivity contribution in [2.75, 3.05) is 13.2 Å². The molecule has 3 N–H and O–H groups in total. The van der Waals surface area contributed by atoms with E-state index in [4.69, 9.17) is 23.7 Å². The van der Waals surface area contributed by atoms with E-state index in [1.807, 2.05) is 0 Å². The molecule has 1 aliphatic rings. The van der Waals surface area contributed by atoms with Crippen molar-refractivity contribution in [3.63, 3.8) is 0 Å². The highest BCUT2D eigenvalue weighted by Crippen LogP contribution is 2.26. The lowest BCUT2D eigenvalue weighted by atomic mass is 9.98. The number of allylic oxidation sites excluding steroid dienone is 2. The predicted molar refractivity (Wildman–Crippen MR) is 276 cm³/mol. The molecule has 0 bridgehead atoms. The second-order valence-corrected chi connectivity index (χ2v) is 19.9. The van der Waals surface area contributed by atoms with E-state index in [-0.39, 0.29) is 25.9 Å². The first-order valence-corrected chi connectivity index (χ1v) is 28.7. The monoisotopic (exact) mass is 981 g/mol. The van der Waals surface area contributed by atoms with Gasteiger partial charge in [-0.2, -0.15) is 0 Å². The highest BCUT2D eigenvalue weighted by atomic mass is 16.7. The fourth-order valence-electron chi connectivity index (χ4n) is 8.89. The van der Waals surface area contributed by atoms with Crippen LogP contribution in [-0.2, 0) is 42.9 Å². The highest BCUT2D eigenvalue weighted by molar-refractivity contribution is 5.74. The Labute approximate surface area is 420 Å². The van der Waals surface area contributed by atoms with Gasteiger partial charge in [-0.3, -0.25) is 14.4 Å². The van der Waals surface area contributed by atoms with Crippen LogP contribution in [0, 0.1) is 0 Å². The quantitative estimate of drug-likeness (QED) is 0.0228. The number of esters is 3. The predicted octanol–water partition coefficient (Wildman–Crippen LogP) is 14.1. The van der Waals surface area contributed by atoms with Gasteiger partial charge in [-0.05, 0) is 44.9 Å². The van der Waals surface area contributed by atoms with Gasteiger partial charge in [0.25, 0.3) is 0 Å². The number of unbranched alkanes of at least 4 members (excludes halogenated alkanes) is 33. The molecule has 0 aromatic rings. The number of aliphatic hydroxyl groups is 2. The lowest BCUT2D eigenvalue weighted by molar-refractivity contribution is -0.301. The first-order valence-electron chi connectivity index (χ1n) is 28.7. The van der Waals surface area contributed by atoms with Gasteiger partial charge >= 0.3 is 23.9 Å². The molecule has 6 unspecified atom stereocenters. The minimum Gasteiger partial charge on any atom is -0.479 e. The summed E-state index contributed by atoms with van der Waals surface area (Å²) in [4.78, 5) is 50.9. The van der Waals surface area contributed by atoms with Crippen LogP contribution in [0.2, 0.25) is 0 Å². The third-order valence-corrected chi connectivity index (χ3v) is 13.3. The van der Waals surface area contributed by atoms with Crippen molar-refractivity contribution in [3.05, 3.63) is 12.2 Å². The van der Waals surface area contributed by atoms with Gasteiger partial charge in [-0.15, -0.1) is 0 Å². The summed E-state index contributed by atoms with van der Waals surface area (Å²) in [5.41, 5.74) is 0. The van der Waals surface area contributed by atoms with Gasteiger partial charge in [0.05, 0.1) is 6.61 Å². The van der Waals surface area contributed by atoms with Gasteiger partial charge in [-0.1, -0.05) is 226 Å². The van der Waals surface area contributed by atoms with Gasteiger partial charge in [0.1, 0.15) is 18.8 Å². The maximum absolute atomic E-state index is 13.1. The van der Waals surface area contributed by atoms with Crippen LogP contribution in [0.5, 0.6) is 0 Å². The van der Waals surface area contributed by atoms with Crippen LogP contribution in [0.4, 0.5) is 0 Å². The summed E-state index contributed by atoms with van der Waals surface area (Å²) < 4.78 is 28.4. The van der Waals surface area contributed by atoms with Crippen molar-refractivity contribution in [2.45, 2.75) is 314 Å². The standard InChI is InChI=1S/C57H104O12/c1-4-7-10-13-16-19-22-23-24-25-26-27-30-31-34-37-40-43-49(58)65-46-48(67-50(59)44-41-38-35-32-28-20-17-14-11-8-5-2)47-66-57-55(53(62)52(61)54(69-57)56(63)64)68-51(60)45-42-39-36-33-29-21-18-15-12-9-6-3/h23-24,48,52-55,57,61-62H,4-22,25-47H2,1-3H3,(H,63,64)/b24-23-. The molecule has 0 radical (unpaired) electrons. The topological polar surface area (TPSA) is 175 Å². The number of hydrogen-bond donors (Lipinski definition) is 3. The van der Waals surface area contributed by atoms with E-state index in [0.717, 1.165) is 70.6 Å². The number of carbonyl (C=O) groups is 4. The van der Waals surface area contributed by atoms with Crippen molar-refractivity contribution < 1.29 is 58.2 Å². The molecule has 0 spiro atoms. The lowest BCUT2D eigenvalue weighted by Gasteiger charge is -2.40. The molecule has 0 aliphatic carbocycles. The summed E-state index contributed by atoms with van der Waals surface area (Å²) in [5.74, 6) is -3.09. The zero-order valence-electron chi connectivity index (χ0n) is 44.3. The van der Waals surface area contributed by atoms with Crippen LogP contribution >= 0.6 is 0 Å². The van der Waals surface area contributed by atoms with E-state index >= 15 is 0 Å². The van der Waals surface area contributed by atoms with Gasteiger partial charge in [-0.25, -0.2) is 4.79 Å². The van der Waals surface area contributed by atoms with Crippen LogP contribution in [0.1, 0.15) is 278 Å². The number of carbonyl (C=O) groups excluding carboxylic acids is 3. The number of carboxylic acid groups (broad SMARTS) is 1. The van der Waals surface area contributed by atoms with Crippen LogP contribution in [0.3, 0.4) is 0 Å². The molecule has 6 atom stereocenters. The molecule has 0 amide bonds. The van der Waals surface area contributed by atoms with Crippen LogP contribution < -0.4 is 0 Å². The van der Waals surface area contributed by atoms with E-state index in [1.165, 1.54) is 148 Å². The van der Waals surface area contributed by atoms with Crippen LogP contribution in [0.25, 0.3) is 0 Å². The lowest BCUT2D eigenvalue weighted by Crippen LogP contribution is -2.61. The molecule has 0 aromatic heterocycles. The summed E-state index contributed by atoms with van der Waals surface area (Å²) >= 11 is 0. The minimum atomic E-state index is -1.89.